The van der Waals surface area contributed by atoms with Crippen LogP contribution in [0.15, 0.2) is 58.2 Å². The van der Waals surface area contributed by atoms with Crippen molar-refractivity contribution in [3.05, 3.63) is 82.6 Å². The zero-order chi connectivity index (χ0) is 29.5. The zero-order valence-electron chi connectivity index (χ0n) is 20.8. The van der Waals surface area contributed by atoms with Gasteiger partial charge in [-0.2, -0.15) is 31.4 Å². The molecule has 0 fully saturated rings. The van der Waals surface area contributed by atoms with E-state index < -0.39 is 52.6 Å². The van der Waals surface area contributed by atoms with Crippen LogP contribution in [0.4, 0.5) is 30.7 Å². The fourth-order valence-electron chi connectivity index (χ4n) is 4.25. The minimum absolute atomic E-state index is 0.0195. The summed E-state index contributed by atoms with van der Waals surface area (Å²) in [6.45, 7) is 1.38. The molecule has 0 aliphatic carbocycles. The van der Waals surface area contributed by atoms with Crippen molar-refractivity contribution in [2.75, 3.05) is 6.61 Å². The van der Waals surface area contributed by atoms with Crippen molar-refractivity contribution < 1.29 is 44.8 Å². The maximum Gasteiger partial charge on any atom is 0.417 e. The van der Waals surface area contributed by atoms with E-state index in [1.165, 1.54) is 36.3 Å². The Labute approximate surface area is 226 Å². The summed E-state index contributed by atoms with van der Waals surface area (Å²) in [4.78, 5) is 20.2. The van der Waals surface area contributed by atoms with Gasteiger partial charge in [-0.1, -0.05) is 23.4 Å². The maximum atomic E-state index is 14.3. The molecular formula is C26H18F7N5O3. The second kappa shape index (κ2) is 10.4. The van der Waals surface area contributed by atoms with Gasteiger partial charge in [0, 0.05) is 11.6 Å². The Hall–Kier alpha value is -4.69. The Kier molecular flexibility index (Phi) is 7.05. The van der Waals surface area contributed by atoms with Gasteiger partial charge in [0.05, 0.1) is 41.8 Å². The van der Waals surface area contributed by atoms with Crippen LogP contribution in [0.25, 0.3) is 22.6 Å². The van der Waals surface area contributed by atoms with Crippen molar-refractivity contribution >= 4 is 12.2 Å². The van der Waals surface area contributed by atoms with Gasteiger partial charge < -0.3 is 14.2 Å². The van der Waals surface area contributed by atoms with Crippen molar-refractivity contribution in [2.45, 2.75) is 31.9 Å². The van der Waals surface area contributed by atoms with Gasteiger partial charge in [-0.15, -0.1) is 0 Å². The first kappa shape index (κ1) is 27.9. The number of hydrogen-bond donors (Lipinski definition) is 1. The third-order valence-electron chi connectivity index (χ3n) is 6.12. The molecule has 1 aliphatic heterocycles. The highest BCUT2D eigenvalue weighted by Crippen LogP contribution is 2.41. The predicted octanol–water partition coefficient (Wildman–Crippen LogP) is 6.36. The molecule has 1 N–H and O–H groups in total. The Morgan fingerprint density at radius 1 is 1.07 bits per heavy atom. The average Bonchev–Trinajstić information content (AvgIpc) is 3.55. The molecular weight excluding hydrogens is 563 g/mol. The molecule has 8 nitrogen and oxygen atoms in total. The van der Waals surface area contributed by atoms with Crippen LogP contribution in [-0.2, 0) is 28.4 Å². The number of fused-ring (bicyclic) bond motifs is 1. The van der Waals surface area contributed by atoms with Crippen LogP contribution in [0, 0.1) is 5.82 Å². The standard InChI is InChI=1S/C26H18F7N5O3/c1-2-40-24(39)22(38-12-20-19(11-34-38)35-23(36-20)15-5-3-4-6-17(15)27)21-10-18(37-41-21)14-8-7-13(25(28,29)30)9-16(14)26(31,32)33/h3-11,22H,2,12H2,1H3,(H,35,36). The van der Waals surface area contributed by atoms with Crippen LogP contribution < -0.4 is 0 Å². The van der Waals surface area contributed by atoms with Crippen LogP contribution in [-0.4, -0.2) is 38.9 Å². The van der Waals surface area contributed by atoms with Crippen LogP contribution in [0.2, 0.25) is 0 Å². The highest BCUT2D eigenvalue weighted by molar-refractivity contribution is 5.82. The SMILES string of the molecule is CCOC(=O)C(c1cc(-c2ccc(C(F)(F)F)cc2C(F)(F)F)no1)N1Cc2[nH]c(-c3ccccc3F)nc2C=N1. The number of aromatic nitrogens is 3. The fraction of sp³-hybridized carbons (Fsp3) is 0.231. The number of benzene rings is 2. The minimum atomic E-state index is -5.15. The van der Waals surface area contributed by atoms with E-state index in [1.54, 1.807) is 6.07 Å². The molecule has 3 heterocycles. The Bertz CT molecular complexity index is 1620. The van der Waals surface area contributed by atoms with Gasteiger partial charge in [0.2, 0.25) is 6.04 Å². The van der Waals surface area contributed by atoms with Gasteiger partial charge in [-0.05, 0) is 31.2 Å². The summed E-state index contributed by atoms with van der Waals surface area (Å²) >= 11 is 0. The molecule has 0 saturated heterocycles. The molecule has 4 aromatic rings. The highest BCUT2D eigenvalue weighted by atomic mass is 19.4. The number of hydrazone groups is 1. The molecule has 2 aromatic heterocycles. The molecule has 0 bridgehead atoms. The lowest BCUT2D eigenvalue weighted by Gasteiger charge is -2.27. The van der Waals surface area contributed by atoms with Crippen molar-refractivity contribution in [1.82, 2.24) is 20.1 Å². The highest BCUT2D eigenvalue weighted by Gasteiger charge is 2.40. The fourth-order valence-corrected chi connectivity index (χ4v) is 4.25. The molecule has 1 aliphatic rings. The van der Waals surface area contributed by atoms with Crippen LogP contribution >= 0.6 is 0 Å². The lowest BCUT2D eigenvalue weighted by molar-refractivity contribution is -0.151. The first-order valence-corrected chi connectivity index (χ1v) is 11.9. The third-order valence-corrected chi connectivity index (χ3v) is 6.12. The number of aromatic amines is 1. The smallest absolute Gasteiger partial charge is 0.417 e. The number of carbonyl (C=O) groups is 1. The Morgan fingerprint density at radius 2 is 1.83 bits per heavy atom. The molecule has 1 atom stereocenters. The number of H-pyrrole nitrogens is 1. The number of hydrogen-bond acceptors (Lipinski definition) is 7. The van der Waals surface area contributed by atoms with Crippen molar-refractivity contribution in [1.29, 1.82) is 0 Å². The summed E-state index contributed by atoms with van der Waals surface area (Å²) in [6, 6.07) is 6.58. The van der Waals surface area contributed by atoms with E-state index in [4.69, 9.17) is 9.26 Å². The number of halogens is 7. The largest absolute Gasteiger partial charge is 0.464 e. The van der Waals surface area contributed by atoms with Crippen LogP contribution in [0.3, 0.4) is 0 Å². The molecule has 2 aromatic carbocycles. The molecule has 41 heavy (non-hydrogen) atoms. The van der Waals surface area contributed by atoms with Crippen LogP contribution in [0.1, 0.15) is 41.2 Å². The minimum Gasteiger partial charge on any atom is -0.464 e. The van der Waals surface area contributed by atoms with E-state index in [9.17, 15) is 35.5 Å². The van der Waals surface area contributed by atoms with Crippen LogP contribution in [0.5, 0.6) is 0 Å². The quantitative estimate of drug-likeness (QED) is 0.210. The van der Waals surface area contributed by atoms with E-state index in [1.807, 2.05) is 0 Å². The van der Waals surface area contributed by atoms with Gasteiger partial charge in [-0.3, -0.25) is 5.01 Å². The predicted molar refractivity (Wildman–Crippen MR) is 128 cm³/mol. The summed E-state index contributed by atoms with van der Waals surface area (Å²) in [5.41, 5.74) is -3.22. The molecule has 1 unspecified atom stereocenters. The summed E-state index contributed by atoms with van der Waals surface area (Å²) in [6.07, 6.45) is -8.87. The maximum absolute atomic E-state index is 14.3. The third kappa shape index (κ3) is 5.51. The number of nitrogens with zero attached hydrogens (tertiary/aromatic N) is 4. The van der Waals surface area contributed by atoms with Gasteiger partial charge in [0.25, 0.3) is 0 Å². The number of carbonyl (C=O) groups excluding carboxylic acids is 1. The lowest BCUT2D eigenvalue weighted by Crippen LogP contribution is -2.33. The van der Waals surface area contributed by atoms with Crippen molar-refractivity contribution in [3.8, 4) is 22.6 Å². The van der Waals surface area contributed by atoms with Crippen molar-refractivity contribution in [2.24, 2.45) is 5.10 Å². The summed E-state index contributed by atoms with van der Waals surface area (Å²) in [5.74, 6) is -1.47. The van der Waals surface area contributed by atoms with E-state index in [-0.39, 0.29) is 36.4 Å². The van der Waals surface area contributed by atoms with Gasteiger partial charge in [0.15, 0.2) is 5.76 Å². The van der Waals surface area contributed by atoms with Gasteiger partial charge in [-0.25, -0.2) is 14.2 Å². The Balaban J connectivity index is 1.50. The van der Waals surface area contributed by atoms with Crippen molar-refractivity contribution in [3.63, 3.8) is 0 Å². The molecule has 5 rings (SSSR count). The Morgan fingerprint density at radius 3 is 2.51 bits per heavy atom. The summed E-state index contributed by atoms with van der Waals surface area (Å²) < 4.78 is 105. The van der Waals surface area contributed by atoms with E-state index in [2.05, 4.69) is 20.2 Å². The van der Waals surface area contributed by atoms with E-state index >= 15 is 0 Å². The monoisotopic (exact) mass is 581 g/mol. The normalized spacial score (nSPS) is 14.2. The topological polar surface area (TPSA) is 96.6 Å². The molecule has 0 amide bonds. The second-order valence-electron chi connectivity index (χ2n) is 8.80. The molecule has 214 valence electrons. The number of nitrogens with one attached hydrogen (secondary N) is 1. The first-order valence-electron chi connectivity index (χ1n) is 11.9. The summed E-state index contributed by atoms with van der Waals surface area (Å²) in [7, 11) is 0. The molecule has 0 radical (unpaired) electrons. The first-order chi connectivity index (χ1) is 19.4. The lowest BCUT2D eigenvalue weighted by atomic mass is 10.00. The van der Waals surface area contributed by atoms with Gasteiger partial charge >= 0.3 is 18.3 Å². The zero-order valence-corrected chi connectivity index (χ0v) is 20.8. The molecule has 0 spiro atoms. The second-order valence-corrected chi connectivity index (χ2v) is 8.80. The molecule has 0 saturated carbocycles. The molecule has 15 heteroatoms. The number of ether oxygens (including phenoxy) is 1. The van der Waals surface area contributed by atoms with E-state index in [0.717, 1.165) is 6.07 Å². The van der Waals surface area contributed by atoms with E-state index in [0.29, 0.717) is 23.5 Å². The number of rotatable bonds is 6. The number of esters is 1. The number of imidazole rings is 1. The average molecular weight is 581 g/mol. The number of alkyl halides is 6. The van der Waals surface area contributed by atoms with Gasteiger partial charge in [0.1, 0.15) is 23.0 Å². The summed E-state index contributed by atoms with van der Waals surface area (Å²) in [5, 5.41) is 9.00.